The van der Waals surface area contributed by atoms with Crippen LogP contribution in [0, 0.1) is 11.8 Å². The number of ether oxygens (including phenoxy) is 1. The first-order valence-corrected chi connectivity index (χ1v) is 5.24. The molecule has 0 radical (unpaired) electrons. The molecule has 0 aromatic heterocycles. The van der Waals surface area contributed by atoms with Crippen molar-refractivity contribution in [3.05, 3.63) is 0 Å². The summed E-state index contributed by atoms with van der Waals surface area (Å²) in [4.78, 5) is 13.2. The van der Waals surface area contributed by atoms with Crippen LogP contribution in [0.4, 0.5) is 0 Å². The maximum absolute atomic E-state index is 11.3. The second-order valence-corrected chi connectivity index (χ2v) is 3.90. The Hall–Kier alpha value is -0.610. The van der Waals surface area contributed by atoms with E-state index in [1.807, 2.05) is 11.8 Å². The fourth-order valence-electron chi connectivity index (χ4n) is 1.85. The smallest absolute Gasteiger partial charge is 0.236 e. The lowest BCUT2D eigenvalue weighted by molar-refractivity contribution is -0.128. The van der Waals surface area contributed by atoms with Gasteiger partial charge in [-0.25, -0.2) is 0 Å². The summed E-state index contributed by atoms with van der Waals surface area (Å²) >= 11 is 0. The molecule has 0 aromatic carbocycles. The Kier molecular flexibility index (Phi) is 4.35. The molecule has 2 N–H and O–H groups in total. The molecule has 4 heteroatoms. The van der Waals surface area contributed by atoms with E-state index < -0.39 is 0 Å². The summed E-state index contributed by atoms with van der Waals surface area (Å²) in [5.74, 6) is 1.05. The minimum absolute atomic E-state index is 0.0517. The molecule has 0 spiro atoms. The number of nitrogens with two attached hydrogens (primary N) is 1. The lowest BCUT2D eigenvalue weighted by Crippen LogP contribution is -2.34. The standard InChI is InChI=1S/C10H20N2O2/c1-3-14-7-9-6-12(5-8(9)2)10(13)4-11/h8-9H,3-7,11H2,1-2H3/t8-,9+/m0/s1. The second-order valence-electron chi connectivity index (χ2n) is 3.90. The molecule has 1 aliphatic rings. The molecule has 4 nitrogen and oxygen atoms in total. The van der Waals surface area contributed by atoms with E-state index in [2.05, 4.69) is 6.92 Å². The molecular weight excluding hydrogens is 180 g/mol. The van der Waals surface area contributed by atoms with Crippen LogP contribution in [-0.2, 0) is 9.53 Å². The molecule has 1 fully saturated rings. The van der Waals surface area contributed by atoms with Crippen LogP contribution < -0.4 is 5.73 Å². The molecule has 1 heterocycles. The second kappa shape index (κ2) is 5.32. The lowest BCUT2D eigenvalue weighted by atomic mass is 9.99. The Labute approximate surface area is 85.4 Å². The summed E-state index contributed by atoms with van der Waals surface area (Å²) in [5.41, 5.74) is 5.32. The Morgan fingerprint density at radius 1 is 1.57 bits per heavy atom. The van der Waals surface area contributed by atoms with Gasteiger partial charge in [-0.2, -0.15) is 0 Å². The zero-order valence-corrected chi connectivity index (χ0v) is 9.03. The molecule has 1 amide bonds. The molecule has 1 saturated heterocycles. The first kappa shape index (κ1) is 11.5. The first-order valence-electron chi connectivity index (χ1n) is 5.24. The van der Waals surface area contributed by atoms with E-state index in [0.717, 1.165) is 26.3 Å². The van der Waals surface area contributed by atoms with Crippen LogP contribution in [-0.4, -0.2) is 43.7 Å². The van der Waals surface area contributed by atoms with E-state index in [1.165, 1.54) is 0 Å². The quantitative estimate of drug-likeness (QED) is 0.699. The molecular formula is C10H20N2O2. The zero-order chi connectivity index (χ0) is 10.6. The molecule has 0 aromatic rings. The van der Waals surface area contributed by atoms with Crippen LogP contribution in [0.3, 0.4) is 0 Å². The largest absolute Gasteiger partial charge is 0.381 e. The molecule has 1 rings (SSSR count). The van der Waals surface area contributed by atoms with Gasteiger partial charge in [0.15, 0.2) is 0 Å². The highest BCUT2D eigenvalue weighted by Gasteiger charge is 2.31. The fraction of sp³-hybridized carbons (Fsp3) is 0.900. The minimum Gasteiger partial charge on any atom is -0.381 e. The number of carbonyl (C=O) groups is 1. The molecule has 0 aliphatic carbocycles. The number of carbonyl (C=O) groups excluding carboxylic acids is 1. The van der Waals surface area contributed by atoms with Gasteiger partial charge in [0.25, 0.3) is 0 Å². The van der Waals surface area contributed by atoms with Gasteiger partial charge < -0.3 is 15.4 Å². The molecule has 14 heavy (non-hydrogen) atoms. The van der Waals surface area contributed by atoms with E-state index >= 15 is 0 Å². The minimum atomic E-state index is 0.0517. The lowest BCUT2D eigenvalue weighted by Gasteiger charge is -2.15. The Morgan fingerprint density at radius 3 is 2.86 bits per heavy atom. The van der Waals surface area contributed by atoms with Crippen LogP contribution >= 0.6 is 0 Å². The average Bonchev–Trinajstić information content (AvgIpc) is 2.56. The summed E-state index contributed by atoms with van der Waals surface area (Å²) < 4.78 is 5.38. The van der Waals surface area contributed by atoms with Gasteiger partial charge in [-0.15, -0.1) is 0 Å². The third kappa shape index (κ3) is 2.69. The molecule has 0 saturated carbocycles. The highest BCUT2D eigenvalue weighted by Crippen LogP contribution is 2.22. The number of hydrogen-bond acceptors (Lipinski definition) is 3. The summed E-state index contributed by atoms with van der Waals surface area (Å²) in [7, 11) is 0. The normalized spacial score (nSPS) is 26.9. The van der Waals surface area contributed by atoms with Crippen molar-refractivity contribution in [3.8, 4) is 0 Å². The van der Waals surface area contributed by atoms with E-state index in [1.54, 1.807) is 0 Å². The number of hydrogen-bond donors (Lipinski definition) is 1. The van der Waals surface area contributed by atoms with Gasteiger partial charge in [0.2, 0.25) is 5.91 Å². The third-order valence-corrected chi connectivity index (χ3v) is 2.83. The van der Waals surface area contributed by atoms with E-state index in [-0.39, 0.29) is 12.5 Å². The topological polar surface area (TPSA) is 55.6 Å². The van der Waals surface area contributed by atoms with E-state index in [0.29, 0.717) is 11.8 Å². The van der Waals surface area contributed by atoms with Crippen molar-refractivity contribution < 1.29 is 9.53 Å². The monoisotopic (exact) mass is 200 g/mol. The van der Waals surface area contributed by atoms with Gasteiger partial charge >= 0.3 is 0 Å². The Bertz CT molecular complexity index is 197. The number of likely N-dealkylation sites (tertiary alicyclic amines) is 1. The van der Waals surface area contributed by atoms with Gasteiger partial charge in [-0.1, -0.05) is 6.92 Å². The van der Waals surface area contributed by atoms with Crippen molar-refractivity contribution in [3.63, 3.8) is 0 Å². The van der Waals surface area contributed by atoms with E-state index in [4.69, 9.17) is 10.5 Å². The van der Waals surface area contributed by atoms with Crippen LogP contribution in [0.15, 0.2) is 0 Å². The van der Waals surface area contributed by atoms with Crippen LogP contribution in [0.1, 0.15) is 13.8 Å². The number of nitrogens with zero attached hydrogens (tertiary/aromatic N) is 1. The van der Waals surface area contributed by atoms with Crippen molar-refractivity contribution in [2.75, 3.05) is 32.8 Å². The van der Waals surface area contributed by atoms with Gasteiger partial charge in [0, 0.05) is 25.6 Å². The first-order chi connectivity index (χ1) is 6.69. The highest BCUT2D eigenvalue weighted by molar-refractivity contribution is 5.78. The van der Waals surface area contributed by atoms with Crippen LogP contribution in [0.5, 0.6) is 0 Å². The van der Waals surface area contributed by atoms with Crippen molar-refractivity contribution >= 4 is 5.91 Å². The van der Waals surface area contributed by atoms with Gasteiger partial charge in [-0.3, -0.25) is 4.79 Å². The molecule has 1 aliphatic heterocycles. The molecule has 2 atom stereocenters. The predicted molar refractivity (Wildman–Crippen MR) is 54.8 cm³/mol. The maximum atomic E-state index is 11.3. The average molecular weight is 200 g/mol. The maximum Gasteiger partial charge on any atom is 0.236 e. The predicted octanol–water partition coefficient (Wildman–Crippen LogP) is 0.0761. The zero-order valence-electron chi connectivity index (χ0n) is 9.03. The Balaban J connectivity index is 2.39. The van der Waals surface area contributed by atoms with Crippen LogP contribution in [0.25, 0.3) is 0 Å². The highest BCUT2D eigenvalue weighted by atomic mass is 16.5. The van der Waals surface area contributed by atoms with Gasteiger partial charge in [0.05, 0.1) is 13.2 Å². The van der Waals surface area contributed by atoms with Crippen molar-refractivity contribution in [1.82, 2.24) is 4.90 Å². The van der Waals surface area contributed by atoms with E-state index in [9.17, 15) is 4.79 Å². The van der Waals surface area contributed by atoms with Crippen LogP contribution in [0.2, 0.25) is 0 Å². The van der Waals surface area contributed by atoms with Crippen molar-refractivity contribution in [2.45, 2.75) is 13.8 Å². The molecule has 82 valence electrons. The van der Waals surface area contributed by atoms with Gasteiger partial charge in [0.1, 0.15) is 0 Å². The summed E-state index contributed by atoms with van der Waals surface area (Å²) in [6.45, 7) is 7.40. The molecule has 0 unspecified atom stereocenters. The summed E-state index contributed by atoms with van der Waals surface area (Å²) in [5, 5.41) is 0. The number of amides is 1. The van der Waals surface area contributed by atoms with Crippen molar-refractivity contribution in [1.29, 1.82) is 0 Å². The number of rotatable bonds is 4. The summed E-state index contributed by atoms with van der Waals surface area (Å²) in [6, 6.07) is 0. The third-order valence-electron chi connectivity index (χ3n) is 2.83. The van der Waals surface area contributed by atoms with Crippen molar-refractivity contribution in [2.24, 2.45) is 17.6 Å². The fourth-order valence-corrected chi connectivity index (χ4v) is 1.85. The molecule has 0 bridgehead atoms. The van der Waals surface area contributed by atoms with Gasteiger partial charge in [-0.05, 0) is 12.8 Å². The Morgan fingerprint density at radius 2 is 2.29 bits per heavy atom. The summed E-state index contributed by atoms with van der Waals surface area (Å²) in [6.07, 6.45) is 0. The SMILES string of the molecule is CCOC[C@H]1CN(C(=O)CN)C[C@@H]1C.